The maximum atomic E-state index is 13.8. The molecule has 2 radical (unpaired) electrons. The van der Waals surface area contributed by atoms with Crippen molar-refractivity contribution >= 4 is 37.0 Å². The largest absolute Gasteiger partial charge is 0.476 e. The third-order valence-electron chi connectivity index (χ3n) is 8.60. The van der Waals surface area contributed by atoms with Gasteiger partial charge in [0.25, 0.3) is 0 Å². The van der Waals surface area contributed by atoms with Crippen molar-refractivity contribution in [3.63, 3.8) is 0 Å². The number of anilines is 1. The van der Waals surface area contributed by atoms with Gasteiger partial charge in [0, 0.05) is 17.7 Å². The summed E-state index contributed by atoms with van der Waals surface area (Å²) in [6.07, 6.45) is -1.44. The van der Waals surface area contributed by atoms with Crippen LogP contribution in [0.4, 0.5) is 10.5 Å². The van der Waals surface area contributed by atoms with E-state index in [0.717, 1.165) is 5.56 Å². The number of carboxylic acids is 1. The van der Waals surface area contributed by atoms with Gasteiger partial charge in [0.15, 0.2) is 17.7 Å². The van der Waals surface area contributed by atoms with Gasteiger partial charge in [0.1, 0.15) is 37.7 Å². The molecule has 4 bridgehead atoms. The zero-order valence-corrected chi connectivity index (χ0v) is 24.5. The van der Waals surface area contributed by atoms with Crippen LogP contribution in [0.15, 0.2) is 71.1 Å². The predicted octanol–water partition coefficient (Wildman–Crippen LogP) is 3.31. The lowest BCUT2D eigenvalue weighted by Gasteiger charge is -2.28. The number of rotatable bonds is 5. The Bertz CT molecular complexity index is 1840. The second kappa shape index (κ2) is 10.7. The second-order valence-electron chi connectivity index (χ2n) is 11.8. The number of amides is 2. The number of carbonyl (C=O) groups is 3. The number of para-hydroxylation sites is 1. The van der Waals surface area contributed by atoms with Crippen LogP contribution in [0.3, 0.4) is 0 Å². The maximum absolute atomic E-state index is 13.8. The monoisotopic (exact) mass is 604 g/mol. The summed E-state index contributed by atoms with van der Waals surface area (Å²) < 4.78 is 18.3. The number of aromatic carboxylic acids is 1. The van der Waals surface area contributed by atoms with Crippen molar-refractivity contribution in [2.45, 2.75) is 50.6 Å². The van der Waals surface area contributed by atoms with E-state index in [2.05, 4.69) is 20.9 Å². The third kappa shape index (κ3) is 4.59. The molecule has 45 heavy (non-hydrogen) atoms. The summed E-state index contributed by atoms with van der Waals surface area (Å²) in [6.45, 7) is 3.73. The number of aromatic nitrogens is 1. The first kappa shape index (κ1) is 28.5. The number of hydrogen-bond donors (Lipinski definition) is 4. The van der Waals surface area contributed by atoms with Gasteiger partial charge in [0.05, 0.1) is 0 Å². The summed E-state index contributed by atoms with van der Waals surface area (Å²) in [5, 5.41) is 19.4. The molecule has 1 aromatic heterocycles. The molecule has 0 saturated carbocycles. The van der Waals surface area contributed by atoms with E-state index >= 15 is 0 Å². The molecule has 4 atom stereocenters. The van der Waals surface area contributed by atoms with Crippen LogP contribution in [-0.2, 0) is 28.0 Å². The van der Waals surface area contributed by atoms with Crippen molar-refractivity contribution in [3.05, 3.63) is 106 Å². The predicted molar refractivity (Wildman–Crippen MR) is 163 cm³/mol. The van der Waals surface area contributed by atoms with Crippen molar-refractivity contribution in [2.75, 3.05) is 5.32 Å². The fraction of sp³-hybridized carbons (Fsp3) is 0.273. The number of carboxylic acid groups (broad SMARTS) is 1. The second-order valence-corrected chi connectivity index (χ2v) is 11.8. The molecule has 1 spiro atoms. The number of fused-ring (bicyclic) bond motifs is 4. The zero-order chi connectivity index (χ0) is 31.5. The van der Waals surface area contributed by atoms with E-state index in [1.54, 1.807) is 24.3 Å². The quantitative estimate of drug-likeness (QED) is 0.252. The van der Waals surface area contributed by atoms with Gasteiger partial charge in [-0.25, -0.2) is 14.6 Å². The van der Waals surface area contributed by atoms with Gasteiger partial charge in [-0.2, -0.15) is 0 Å². The van der Waals surface area contributed by atoms with Gasteiger partial charge in [-0.3, -0.25) is 4.79 Å². The van der Waals surface area contributed by atoms with E-state index in [1.807, 2.05) is 56.3 Å². The van der Waals surface area contributed by atoms with E-state index in [4.69, 9.17) is 21.7 Å². The zero-order valence-electron chi connectivity index (χ0n) is 24.5. The van der Waals surface area contributed by atoms with Crippen LogP contribution in [0, 0.1) is 5.92 Å². The Balaban J connectivity index is 1.36. The normalized spacial score (nSPS) is 22.6. The summed E-state index contributed by atoms with van der Waals surface area (Å²) in [4.78, 5) is 43.9. The average Bonchev–Trinajstić information content (AvgIpc) is 3.68. The lowest BCUT2D eigenvalue weighted by atomic mass is 9.71. The molecule has 0 aliphatic carbocycles. The van der Waals surface area contributed by atoms with E-state index < -0.39 is 41.7 Å². The molecule has 12 heteroatoms. The molecule has 2 unspecified atom stereocenters. The Hall–Kier alpha value is -5.26. The highest BCUT2D eigenvalue weighted by molar-refractivity contribution is 6.36. The van der Waals surface area contributed by atoms with Crippen LogP contribution in [0.2, 0.25) is 0 Å². The lowest BCUT2D eigenvalue weighted by Crippen LogP contribution is -2.49. The summed E-state index contributed by atoms with van der Waals surface area (Å²) in [6, 6.07) is 18.2. The maximum Gasteiger partial charge on any atom is 0.408 e. The number of carbonyl (C=O) groups excluding carboxylic acids is 2. The Morgan fingerprint density at radius 2 is 1.91 bits per heavy atom. The summed E-state index contributed by atoms with van der Waals surface area (Å²) >= 11 is 0. The van der Waals surface area contributed by atoms with Crippen LogP contribution in [-0.4, -0.2) is 48.2 Å². The minimum Gasteiger partial charge on any atom is -0.476 e. The van der Waals surface area contributed by atoms with Crippen molar-refractivity contribution < 1.29 is 33.4 Å². The molecule has 3 aromatic carbocycles. The molecular formula is C33H29BN4O7. The first-order chi connectivity index (χ1) is 21.7. The Morgan fingerprint density at radius 3 is 2.67 bits per heavy atom. The summed E-state index contributed by atoms with van der Waals surface area (Å²) in [5.41, 5.74) is 2.30. The highest BCUT2D eigenvalue weighted by atomic mass is 16.5. The first-order valence-electron chi connectivity index (χ1n) is 14.6. The number of nitrogens with one attached hydrogen (secondary N) is 3. The molecule has 3 aliphatic rings. The van der Waals surface area contributed by atoms with Crippen LogP contribution < -0.4 is 26.2 Å². The topological polar surface area (TPSA) is 152 Å². The molecule has 4 aromatic rings. The number of oxazole rings is 1. The van der Waals surface area contributed by atoms with Gasteiger partial charge in [-0.1, -0.05) is 80.0 Å². The van der Waals surface area contributed by atoms with Crippen LogP contribution in [0.25, 0.3) is 0 Å². The van der Waals surface area contributed by atoms with Gasteiger partial charge in [-0.05, 0) is 28.7 Å². The van der Waals surface area contributed by atoms with Gasteiger partial charge in [-0.15, -0.1) is 0 Å². The number of hydrogen-bond acceptors (Lipinski definition) is 8. The van der Waals surface area contributed by atoms with Crippen molar-refractivity contribution in [1.29, 1.82) is 0 Å². The smallest absolute Gasteiger partial charge is 0.408 e. The van der Waals surface area contributed by atoms with Gasteiger partial charge >= 0.3 is 12.1 Å². The number of alkyl carbamates (subject to hydrolysis) is 1. The molecule has 11 nitrogen and oxygen atoms in total. The highest BCUT2D eigenvalue weighted by Crippen LogP contribution is 2.58. The molecule has 2 amide bonds. The molecule has 0 saturated heterocycles. The standard InChI is InChI=1S/C33H29BN4O7/c1-16(2)24-29-37-26(30(40)41)27(45-29)33-19-9-6-10-21(34)25(19)38-31(33)44-23-12-11-18(13-20(23)33)14-22(28(39)36-24)35-32(42)43-15-17-7-4-3-5-8-17/h3-13,16,22,24,31,38H,14-15H2,1-2H3,(H,35,42)(H,36,39)(H,40,41)/t22-,24-,31?,33?/m0/s1. The third-order valence-corrected chi connectivity index (χ3v) is 8.60. The van der Waals surface area contributed by atoms with Gasteiger partial charge < -0.3 is 34.9 Å². The van der Waals surface area contributed by atoms with E-state index in [-0.39, 0.29) is 36.3 Å². The molecule has 226 valence electrons. The van der Waals surface area contributed by atoms with Crippen molar-refractivity contribution in [1.82, 2.24) is 15.6 Å². The Labute approximate surface area is 259 Å². The lowest BCUT2D eigenvalue weighted by molar-refractivity contribution is -0.124. The van der Waals surface area contributed by atoms with E-state index in [1.165, 1.54) is 0 Å². The summed E-state index contributed by atoms with van der Waals surface area (Å²) in [7, 11) is 6.37. The number of ether oxygens (including phenoxy) is 2. The highest BCUT2D eigenvalue weighted by Gasteiger charge is 2.61. The van der Waals surface area contributed by atoms with E-state index in [0.29, 0.717) is 33.6 Å². The van der Waals surface area contributed by atoms with Crippen molar-refractivity contribution in [2.24, 2.45) is 5.92 Å². The average molecular weight is 604 g/mol. The first-order valence-corrected chi connectivity index (χ1v) is 14.6. The van der Waals surface area contributed by atoms with Crippen molar-refractivity contribution in [3.8, 4) is 5.75 Å². The summed E-state index contributed by atoms with van der Waals surface area (Å²) in [5.74, 6) is -1.46. The van der Waals surface area contributed by atoms with Crippen LogP contribution in [0.1, 0.15) is 64.3 Å². The van der Waals surface area contributed by atoms with Crippen LogP contribution >= 0.6 is 0 Å². The molecule has 4 heterocycles. The van der Waals surface area contributed by atoms with Gasteiger partial charge in [0.2, 0.25) is 11.8 Å². The van der Waals surface area contributed by atoms with E-state index in [9.17, 15) is 19.5 Å². The minimum absolute atomic E-state index is 0.0202. The molecule has 7 rings (SSSR count). The fourth-order valence-electron chi connectivity index (χ4n) is 6.45. The Morgan fingerprint density at radius 1 is 1.11 bits per heavy atom. The Kier molecular flexibility index (Phi) is 6.79. The SMILES string of the molecule is [B]c1cccc2c1NC1Oc3ccc4cc3C21c1oc(nc1C(=O)O)[C@H](C(C)C)NC(=O)[C@@H](NC(=O)OCc1ccccc1)C4. The molecule has 3 aliphatic heterocycles. The molecular weight excluding hydrogens is 575 g/mol. The fourth-order valence-corrected chi connectivity index (χ4v) is 6.45. The van der Waals surface area contributed by atoms with Crippen LogP contribution in [0.5, 0.6) is 5.75 Å². The number of benzene rings is 3. The minimum atomic E-state index is -1.29. The molecule has 4 N–H and O–H groups in total. The molecule has 0 fully saturated rings. The number of nitrogens with zero attached hydrogens (tertiary/aromatic N) is 1.